The van der Waals surface area contributed by atoms with E-state index in [9.17, 15) is 19.4 Å². The van der Waals surface area contributed by atoms with E-state index in [1.54, 1.807) is 18.2 Å². The highest BCUT2D eigenvalue weighted by molar-refractivity contribution is 7.18. The van der Waals surface area contributed by atoms with Gasteiger partial charge in [0.05, 0.1) is 32.5 Å². The van der Waals surface area contributed by atoms with Crippen LogP contribution in [0.2, 0.25) is 10.0 Å². The van der Waals surface area contributed by atoms with Crippen molar-refractivity contribution in [1.29, 1.82) is 0 Å². The number of carboxylic acid groups (broad SMARTS) is 1. The molecule has 220 valence electrons. The first kappa shape index (κ1) is 28.2. The van der Waals surface area contributed by atoms with Gasteiger partial charge in [0.2, 0.25) is 0 Å². The SMILES string of the molecule is C[C@H]1C[C@@H]2CC(C)(OCc3c(-c4c(Cl)cccc4Cl)noc3C3CC3)C[C@H]1[C@]2(O)c1nc2c(F)cc(C(=O)O)cc2s1. The standard InChI is InChI=1S/C31H29Cl2FN2O5S/c1-14-8-17-11-30(2,12-19(14)31(17,39)29-35-26-22(34)9-16(28(37)38)10-23(26)42-29)40-13-18-25(36-41-27(18)15-6-7-15)24-20(32)4-3-5-21(24)33/h3-5,9-10,14-15,17,19,39H,6-8,11-13H2,1-2H3,(H,37,38)/t14-,17+,19+,30?,31-/m0/s1. The third kappa shape index (κ3) is 4.47. The molecule has 11 heteroatoms. The molecule has 2 aromatic heterocycles. The van der Waals surface area contributed by atoms with Crippen molar-refractivity contribution in [2.75, 3.05) is 0 Å². The van der Waals surface area contributed by atoms with Crippen LogP contribution in [0, 0.1) is 23.6 Å². The largest absolute Gasteiger partial charge is 0.478 e. The first-order valence-electron chi connectivity index (χ1n) is 14.1. The van der Waals surface area contributed by atoms with Gasteiger partial charge in [-0.1, -0.05) is 41.3 Å². The van der Waals surface area contributed by atoms with Crippen LogP contribution in [-0.2, 0) is 16.9 Å². The van der Waals surface area contributed by atoms with Crippen molar-refractivity contribution in [3.63, 3.8) is 0 Å². The molecule has 2 bridgehead atoms. The third-order valence-electron chi connectivity index (χ3n) is 9.43. The fourth-order valence-corrected chi connectivity index (χ4v) is 9.05. The highest BCUT2D eigenvalue weighted by Gasteiger charge is 2.62. The molecule has 2 aromatic carbocycles. The van der Waals surface area contributed by atoms with Gasteiger partial charge in [-0.25, -0.2) is 14.2 Å². The molecule has 0 radical (unpaired) electrons. The number of hydrogen-bond donors (Lipinski definition) is 2. The van der Waals surface area contributed by atoms with E-state index >= 15 is 0 Å². The van der Waals surface area contributed by atoms with Gasteiger partial charge >= 0.3 is 5.97 Å². The van der Waals surface area contributed by atoms with Gasteiger partial charge < -0.3 is 19.5 Å². The van der Waals surface area contributed by atoms with Crippen LogP contribution >= 0.6 is 34.5 Å². The Bertz CT molecular complexity index is 1720. The molecule has 3 fully saturated rings. The normalized spacial score (nSPS) is 29.0. The number of halogens is 3. The maximum absolute atomic E-state index is 14.8. The first-order chi connectivity index (χ1) is 20.0. The Labute approximate surface area is 255 Å². The predicted molar refractivity (Wildman–Crippen MR) is 158 cm³/mol. The molecule has 3 saturated carbocycles. The number of carbonyl (C=O) groups is 1. The van der Waals surface area contributed by atoms with Gasteiger partial charge in [0.15, 0.2) is 5.82 Å². The number of aromatic nitrogens is 2. The molecule has 3 aliphatic rings. The number of rotatable bonds is 7. The lowest BCUT2D eigenvalue weighted by Crippen LogP contribution is -2.50. The average molecular weight is 632 g/mol. The van der Waals surface area contributed by atoms with Crippen LogP contribution in [0.1, 0.15) is 78.6 Å². The summed E-state index contributed by atoms with van der Waals surface area (Å²) in [6.45, 7) is 4.47. The number of fused-ring (bicyclic) bond motifs is 3. The zero-order valence-corrected chi connectivity index (χ0v) is 25.3. The van der Waals surface area contributed by atoms with Gasteiger partial charge in [0.1, 0.15) is 27.6 Å². The molecular weight excluding hydrogens is 602 g/mol. The fraction of sp³-hybridized carbons (Fsp3) is 0.452. The van der Waals surface area contributed by atoms with Crippen molar-refractivity contribution in [2.45, 2.75) is 69.7 Å². The summed E-state index contributed by atoms with van der Waals surface area (Å²) in [5, 5.41) is 27.4. The molecule has 7 rings (SSSR count). The minimum absolute atomic E-state index is 0.0934. The second-order valence-corrected chi connectivity index (χ2v) is 14.2. The van der Waals surface area contributed by atoms with Crippen molar-refractivity contribution < 1.29 is 28.7 Å². The van der Waals surface area contributed by atoms with E-state index in [1.807, 2.05) is 0 Å². The number of carboxylic acids is 1. The minimum Gasteiger partial charge on any atom is -0.478 e. The van der Waals surface area contributed by atoms with Gasteiger partial charge in [-0.05, 0) is 81.0 Å². The van der Waals surface area contributed by atoms with E-state index in [1.165, 1.54) is 17.4 Å². The summed E-state index contributed by atoms with van der Waals surface area (Å²) in [4.78, 5) is 16.0. The lowest BCUT2D eigenvalue weighted by molar-refractivity contribution is -0.161. The Morgan fingerprint density at radius 3 is 2.64 bits per heavy atom. The summed E-state index contributed by atoms with van der Waals surface area (Å²) >= 11 is 14.3. The van der Waals surface area contributed by atoms with Gasteiger partial charge in [0, 0.05) is 17.0 Å². The molecule has 0 saturated heterocycles. The predicted octanol–water partition coefficient (Wildman–Crippen LogP) is 8.20. The number of aromatic carboxylic acids is 1. The Hall–Kier alpha value is -2.56. The van der Waals surface area contributed by atoms with Gasteiger partial charge in [-0.3, -0.25) is 0 Å². The fourth-order valence-electron chi connectivity index (χ4n) is 7.22. The molecule has 0 amide bonds. The maximum Gasteiger partial charge on any atom is 0.335 e. The number of benzene rings is 2. The number of thiazole rings is 1. The van der Waals surface area contributed by atoms with Gasteiger partial charge in [0.25, 0.3) is 0 Å². The average Bonchev–Trinajstić information content (AvgIpc) is 3.50. The minimum atomic E-state index is -1.26. The van der Waals surface area contributed by atoms with Crippen LogP contribution in [0.15, 0.2) is 34.9 Å². The Morgan fingerprint density at radius 1 is 1.24 bits per heavy atom. The van der Waals surface area contributed by atoms with E-state index in [-0.39, 0.29) is 35.4 Å². The van der Waals surface area contributed by atoms with E-state index < -0.39 is 23.0 Å². The van der Waals surface area contributed by atoms with E-state index in [0.717, 1.165) is 36.7 Å². The van der Waals surface area contributed by atoms with Gasteiger partial charge in [-0.15, -0.1) is 11.3 Å². The summed E-state index contributed by atoms with van der Waals surface area (Å²) in [6.07, 6.45) is 3.99. The first-order valence-corrected chi connectivity index (χ1v) is 15.7. The third-order valence-corrected chi connectivity index (χ3v) is 11.2. The second kappa shape index (κ2) is 9.99. The van der Waals surface area contributed by atoms with Crippen LogP contribution in [0.4, 0.5) is 4.39 Å². The van der Waals surface area contributed by atoms with Crippen molar-refractivity contribution in [3.05, 3.63) is 68.1 Å². The molecular formula is C31H29Cl2FN2O5S. The summed E-state index contributed by atoms with van der Waals surface area (Å²) in [5.41, 5.74) is 0.221. The Balaban J connectivity index is 1.18. The quantitative estimate of drug-likeness (QED) is 0.212. The Kier molecular flexibility index (Phi) is 6.71. The highest BCUT2D eigenvalue weighted by Crippen LogP contribution is 2.61. The zero-order valence-electron chi connectivity index (χ0n) is 23.0. The second-order valence-electron chi connectivity index (χ2n) is 12.4. The molecule has 1 unspecified atom stereocenters. The van der Waals surface area contributed by atoms with Gasteiger partial charge in [-0.2, -0.15) is 0 Å². The molecule has 4 aromatic rings. The molecule has 42 heavy (non-hydrogen) atoms. The lowest BCUT2D eigenvalue weighted by atomic mass is 9.67. The lowest BCUT2D eigenvalue weighted by Gasteiger charge is -2.47. The van der Waals surface area contributed by atoms with E-state index in [2.05, 4.69) is 24.0 Å². The molecule has 3 aliphatic carbocycles. The van der Waals surface area contributed by atoms with Crippen molar-refractivity contribution >= 4 is 50.7 Å². The van der Waals surface area contributed by atoms with E-state index in [4.69, 9.17) is 32.5 Å². The smallest absolute Gasteiger partial charge is 0.335 e. The highest BCUT2D eigenvalue weighted by atomic mass is 35.5. The number of ether oxygens (including phenoxy) is 1. The zero-order chi connectivity index (χ0) is 29.6. The molecule has 2 heterocycles. The maximum atomic E-state index is 14.8. The monoisotopic (exact) mass is 630 g/mol. The van der Waals surface area contributed by atoms with E-state index in [0.29, 0.717) is 49.8 Å². The van der Waals surface area contributed by atoms with Crippen LogP contribution in [-0.4, -0.2) is 31.9 Å². The summed E-state index contributed by atoms with van der Waals surface area (Å²) in [7, 11) is 0. The van der Waals surface area contributed by atoms with Crippen molar-refractivity contribution in [1.82, 2.24) is 10.1 Å². The Morgan fingerprint density at radius 2 is 1.98 bits per heavy atom. The molecule has 0 aliphatic heterocycles. The topological polar surface area (TPSA) is 106 Å². The molecule has 7 nitrogen and oxygen atoms in total. The van der Waals surface area contributed by atoms with Crippen LogP contribution in [0.25, 0.3) is 21.5 Å². The van der Waals surface area contributed by atoms with Crippen LogP contribution < -0.4 is 0 Å². The number of nitrogens with zero attached hydrogens (tertiary/aromatic N) is 2. The summed E-state index contributed by atoms with van der Waals surface area (Å²) in [6, 6.07) is 7.74. The van der Waals surface area contributed by atoms with Crippen LogP contribution in [0.3, 0.4) is 0 Å². The molecule has 0 spiro atoms. The number of aliphatic hydroxyl groups is 1. The molecule has 2 N–H and O–H groups in total. The molecule has 5 atom stereocenters. The number of hydrogen-bond acceptors (Lipinski definition) is 7. The van der Waals surface area contributed by atoms with Crippen molar-refractivity contribution in [2.24, 2.45) is 17.8 Å². The van der Waals surface area contributed by atoms with Crippen LogP contribution in [0.5, 0.6) is 0 Å². The van der Waals surface area contributed by atoms with Crippen molar-refractivity contribution in [3.8, 4) is 11.3 Å². The summed E-state index contributed by atoms with van der Waals surface area (Å²) < 4.78 is 27.8. The summed E-state index contributed by atoms with van der Waals surface area (Å²) in [5.74, 6) is -0.949.